The molecule has 3 N–H and O–H groups in total. The van der Waals surface area contributed by atoms with Gasteiger partial charge in [0.1, 0.15) is 0 Å². The second-order valence-electron chi connectivity index (χ2n) is 5.18. The van der Waals surface area contributed by atoms with E-state index in [9.17, 15) is 5.11 Å². The van der Waals surface area contributed by atoms with Gasteiger partial charge in [0.05, 0.1) is 6.10 Å². The number of aliphatic hydroxyl groups is 2. The number of aliphatic hydroxyl groups excluding tert-OH is 2. The first-order chi connectivity index (χ1) is 6.87. The molecule has 1 atom stereocenters. The second-order valence-corrected chi connectivity index (χ2v) is 5.18. The average Bonchev–Trinajstić information content (AvgIpc) is 2.01. The summed E-state index contributed by atoms with van der Waals surface area (Å²) in [4.78, 5) is 1.96. The Hall–Kier alpha value is -0.160. The average molecular weight is 218 g/mol. The van der Waals surface area contributed by atoms with Crippen molar-refractivity contribution in [3.8, 4) is 0 Å². The maximum atomic E-state index is 9.59. The molecule has 0 heterocycles. The number of likely N-dealkylation sites (N-methyl/N-ethyl adjacent to an activating group) is 1. The molecule has 0 saturated heterocycles. The largest absolute Gasteiger partial charge is 0.396 e. The van der Waals surface area contributed by atoms with E-state index in [1.165, 1.54) is 0 Å². The fraction of sp³-hybridized carbons (Fsp3) is 1.00. The summed E-state index contributed by atoms with van der Waals surface area (Å²) in [5.74, 6) is 0. The van der Waals surface area contributed by atoms with Gasteiger partial charge in [-0.25, -0.2) is 0 Å². The molecule has 0 aromatic heterocycles. The first-order valence-corrected chi connectivity index (χ1v) is 5.52. The molecule has 0 fully saturated rings. The van der Waals surface area contributed by atoms with Crippen molar-refractivity contribution in [3.63, 3.8) is 0 Å². The Morgan fingerprint density at radius 1 is 1.33 bits per heavy atom. The molecule has 0 amide bonds. The van der Waals surface area contributed by atoms with Gasteiger partial charge < -0.3 is 20.4 Å². The first kappa shape index (κ1) is 14.8. The lowest BCUT2D eigenvalue weighted by Crippen LogP contribution is -2.39. The summed E-state index contributed by atoms with van der Waals surface area (Å²) in [7, 11) is 3.89. The van der Waals surface area contributed by atoms with Crippen molar-refractivity contribution in [1.29, 1.82) is 0 Å². The molecule has 15 heavy (non-hydrogen) atoms. The summed E-state index contributed by atoms with van der Waals surface area (Å²) < 4.78 is 0. The third kappa shape index (κ3) is 8.81. The first-order valence-electron chi connectivity index (χ1n) is 5.52. The zero-order valence-corrected chi connectivity index (χ0v) is 10.5. The molecule has 0 aliphatic carbocycles. The Morgan fingerprint density at radius 2 is 1.93 bits per heavy atom. The summed E-state index contributed by atoms with van der Waals surface area (Å²) in [5.41, 5.74) is 0.0899. The van der Waals surface area contributed by atoms with Crippen molar-refractivity contribution in [2.75, 3.05) is 40.3 Å². The minimum atomic E-state index is -0.329. The predicted molar refractivity (Wildman–Crippen MR) is 62.9 cm³/mol. The summed E-state index contributed by atoms with van der Waals surface area (Å²) >= 11 is 0. The van der Waals surface area contributed by atoms with Crippen molar-refractivity contribution < 1.29 is 10.2 Å². The smallest absolute Gasteiger partial charge is 0.0791 e. The zero-order valence-electron chi connectivity index (χ0n) is 10.5. The van der Waals surface area contributed by atoms with Gasteiger partial charge >= 0.3 is 0 Å². The molecule has 0 aromatic carbocycles. The third-order valence-electron chi connectivity index (χ3n) is 2.35. The van der Waals surface area contributed by atoms with Crippen LogP contribution in [0.4, 0.5) is 0 Å². The van der Waals surface area contributed by atoms with Crippen LogP contribution in [-0.4, -0.2) is 61.6 Å². The van der Waals surface area contributed by atoms with E-state index in [0.717, 1.165) is 13.0 Å². The lowest BCUT2D eigenvalue weighted by molar-refractivity contribution is 0.128. The van der Waals surface area contributed by atoms with Gasteiger partial charge in [-0.3, -0.25) is 0 Å². The lowest BCUT2D eigenvalue weighted by atomic mass is 9.90. The standard InChI is InChI=1S/C11H26N2O2/c1-11(2,5-6-14)9-12-7-10(15)8-13(3)4/h10,12,14-15H,5-9H2,1-4H3. The highest BCUT2D eigenvalue weighted by Gasteiger charge is 2.17. The maximum absolute atomic E-state index is 9.59. The van der Waals surface area contributed by atoms with E-state index in [-0.39, 0.29) is 18.1 Å². The number of rotatable bonds is 8. The van der Waals surface area contributed by atoms with E-state index in [1.807, 2.05) is 19.0 Å². The molecule has 0 bridgehead atoms. The Morgan fingerprint density at radius 3 is 2.40 bits per heavy atom. The van der Waals surface area contributed by atoms with Gasteiger partial charge in [-0.1, -0.05) is 13.8 Å². The van der Waals surface area contributed by atoms with Crippen molar-refractivity contribution in [3.05, 3.63) is 0 Å². The molecular weight excluding hydrogens is 192 g/mol. The van der Waals surface area contributed by atoms with E-state index >= 15 is 0 Å². The fourth-order valence-corrected chi connectivity index (χ4v) is 1.45. The Labute approximate surface area is 93.3 Å². The van der Waals surface area contributed by atoms with Crippen molar-refractivity contribution in [2.24, 2.45) is 5.41 Å². The summed E-state index contributed by atoms with van der Waals surface area (Å²) in [6.07, 6.45) is 0.453. The van der Waals surface area contributed by atoms with Crippen LogP contribution in [0.1, 0.15) is 20.3 Å². The predicted octanol–water partition coefficient (Wildman–Crippen LogP) is -0.0929. The number of hydrogen-bond donors (Lipinski definition) is 3. The van der Waals surface area contributed by atoms with Gasteiger partial charge in [0, 0.05) is 26.2 Å². The van der Waals surface area contributed by atoms with Crippen LogP contribution in [0, 0.1) is 5.41 Å². The topological polar surface area (TPSA) is 55.7 Å². The van der Waals surface area contributed by atoms with Gasteiger partial charge in [0.2, 0.25) is 0 Å². The van der Waals surface area contributed by atoms with Gasteiger partial charge in [0.15, 0.2) is 0 Å². The molecule has 4 nitrogen and oxygen atoms in total. The molecule has 1 unspecified atom stereocenters. The highest BCUT2D eigenvalue weighted by molar-refractivity contribution is 4.72. The Balaban J connectivity index is 3.60. The minimum absolute atomic E-state index is 0.0899. The van der Waals surface area contributed by atoms with E-state index in [4.69, 9.17) is 5.11 Å². The molecule has 0 spiro atoms. The lowest BCUT2D eigenvalue weighted by Gasteiger charge is -2.25. The van der Waals surface area contributed by atoms with E-state index in [2.05, 4.69) is 19.2 Å². The summed E-state index contributed by atoms with van der Waals surface area (Å²) in [5, 5.41) is 21.7. The van der Waals surface area contributed by atoms with Crippen molar-refractivity contribution in [2.45, 2.75) is 26.4 Å². The maximum Gasteiger partial charge on any atom is 0.0791 e. The van der Waals surface area contributed by atoms with Crippen LogP contribution in [-0.2, 0) is 0 Å². The molecule has 0 radical (unpaired) electrons. The normalized spacial score (nSPS) is 14.6. The summed E-state index contributed by atoms with van der Waals surface area (Å²) in [6, 6.07) is 0. The molecule has 0 aromatic rings. The quantitative estimate of drug-likeness (QED) is 0.533. The highest BCUT2D eigenvalue weighted by atomic mass is 16.3. The molecule has 0 rings (SSSR count). The van der Waals surface area contributed by atoms with Crippen LogP contribution >= 0.6 is 0 Å². The molecule has 0 saturated carbocycles. The second kappa shape index (κ2) is 7.17. The van der Waals surface area contributed by atoms with Crippen molar-refractivity contribution in [1.82, 2.24) is 10.2 Å². The summed E-state index contributed by atoms with van der Waals surface area (Å²) in [6.45, 7) is 6.52. The number of nitrogens with one attached hydrogen (secondary N) is 1. The molecule has 4 heteroatoms. The third-order valence-corrected chi connectivity index (χ3v) is 2.35. The van der Waals surface area contributed by atoms with E-state index in [1.54, 1.807) is 0 Å². The van der Waals surface area contributed by atoms with Gasteiger partial charge in [-0.15, -0.1) is 0 Å². The van der Waals surface area contributed by atoms with Crippen LogP contribution in [0.15, 0.2) is 0 Å². The van der Waals surface area contributed by atoms with Crippen LogP contribution in [0.2, 0.25) is 0 Å². The van der Waals surface area contributed by atoms with Crippen LogP contribution < -0.4 is 5.32 Å². The van der Waals surface area contributed by atoms with Crippen LogP contribution in [0.25, 0.3) is 0 Å². The Bertz CT molecular complexity index is 161. The number of nitrogens with zero attached hydrogens (tertiary/aromatic N) is 1. The van der Waals surface area contributed by atoms with E-state index in [0.29, 0.717) is 13.1 Å². The van der Waals surface area contributed by atoms with Crippen LogP contribution in [0.5, 0.6) is 0 Å². The highest BCUT2D eigenvalue weighted by Crippen LogP contribution is 2.17. The van der Waals surface area contributed by atoms with Gasteiger partial charge in [-0.05, 0) is 25.9 Å². The Kier molecular flexibility index (Phi) is 7.09. The molecule has 92 valence electrons. The zero-order chi connectivity index (χ0) is 11.9. The van der Waals surface area contributed by atoms with Gasteiger partial charge in [0.25, 0.3) is 0 Å². The molecule has 0 aliphatic heterocycles. The monoisotopic (exact) mass is 218 g/mol. The fourth-order valence-electron chi connectivity index (χ4n) is 1.45. The molecule has 0 aliphatic rings. The SMILES string of the molecule is CN(C)CC(O)CNCC(C)(C)CCO. The van der Waals surface area contributed by atoms with E-state index < -0.39 is 0 Å². The van der Waals surface area contributed by atoms with Gasteiger partial charge in [-0.2, -0.15) is 0 Å². The number of hydrogen-bond acceptors (Lipinski definition) is 4. The van der Waals surface area contributed by atoms with Crippen LogP contribution in [0.3, 0.4) is 0 Å². The molecular formula is C11H26N2O2. The van der Waals surface area contributed by atoms with Crippen molar-refractivity contribution >= 4 is 0 Å². The minimum Gasteiger partial charge on any atom is -0.396 e.